The van der Waals surface area contributed by atoms with Crippen LogP contribution in [-0.2, 0) is 20.6 Å². The average molecular weight is 415 g/mol. The summed E-state index contributed by atoms with van der Waals surface area (Å²) >= 11 is 0. The minimum absolute atomic E-state index is 0.363. The van der Waals surface area contributed by atoms with Crippen LogP contribution < -0.4 is 16.0 Å². The molecule has 0 aliphatic carbocycles. The Morgan fingerprint density at radius 3 is 2.48 bits per heavy atom. The summed E-state index contributed by atoms with van der Waals surface area (Å²) in [4.78, 5) is 30.1. The third kappa shape index (κ3) is 2.87. The quantitative estimate of drug-likeness (QED) is 0.452. The van der Waals surface area contributed by atoms with E-state index >= 15 is 0 Å². The van der Waals surface area contributed by atoms with Crippen LogP contribution in [0.5, 0.6) is 5.75 Å². The molecule has 5 aromatic rings. The summed E-state index contributed by atoms with van der Waals surface area (Å²) in [7, 11) is 4.74. The highest BCUT2D eigenvalue weighted by atomic mass is 16.5. The van der Waals surface area contributed by atoms with Crippen molar-refractivity contribution in [3.63, 3.8) is 0 Å². The van der Waals surface area contributed by atoms with Crippen molar-refractivity contribution in [2.75, 3.05) is 7.11 Å². The minimum Gasteiger partial charge on any atom is -0.497 e. The van der Waals surface area contributed by atoms with E-state index in [1.807, 2.05) is 65.4 Å². The Bertz CT molecular complexity index is 1550. The second-order valence-corrected chi connectivity index (χ2v) is 7.48. The van der Waals surface area contributed by atoms with Crippen LogP contribution in [-0.4, -0.2) is 30.2 Å². The molecule has 156 valence electrons. The molecule has 0 saturated carbocycles. The monoisotopic (exact) mass is 415 g/mol. The Morgan fingerprint density at radius 2 is 1.74 bits per heavy atom. The summed E-state index contributed by atoms with van der Waals surface area (Å²) < 4.78 is 11.7. The van der Waals surface area contributed by atoms with E-state index in [2.05, 4.69) is 0 Å². The fourth-order valence-corrected chi connectivity index (χ4v) is 3.95. The molecule has 0 bridgehead atoms. The van der Waals surface area contributed by atoms with Crippen molar-refractivity contribution >= 4 is 16.9 Å². The smallest absolute Gasteiger partial charge is 0.332 e. The zero-order valence-electron chi connectivity index (χ0n) is 17.4. The van der Waals surface area contributed by atoms with Crippen LogP contribution in [0.4, 0.5) is 0 Å². The highest BCUT2D eigenvalue weighted by Gasteiger charge is 2.21. The largest absolute Gasteiger partial charge is 0.497 e. The van der Waals surface area contributed by atoms with E-state index < -0.39 is 5.69 Å². The van der Waals surface area contributed by atoms with Crippen LogP contribution >= 0.6 is 0 Å². The van der Waals surface area contributed by atoms with Gasteiger partial charge in [-0.25, -0.2) is 4.79 Å². The number of fused-ring (bicyclic) bond motifs is 3. The molecule has 0 N–H and O–H groups in total. The van der Waals surface area contributed by atoms with Crippen LogP contribution in [0, 0.1) is 0 Å². The molecule has 0 atom stereocenters. The summed E-state index contributed by atoms with van der Waals surface area (Å²) in [6.45, 7) is 0.557. The third-order valence-electron chi connectivity index (χ3n) is 5.61. The number of ether oxygens (including phenoxy) is 1. The average Bonchev–Trinajstić information content (AvgIpc) is 3.34. The molecular weight excluding hydrogens is 394 g/mol. The van der Waals surface area contributed by atoms with Crippen molar-refractivity contribution < 1.29 is 4.74 Å². The zero-order valence-corrected chi connectivity index (χ0v) is 17.4. The topological polar surface area (TPSA) is 75.5 Å². The van der Waals surface area contributed by atoms with Gasteiger partial charge in [0.25, 0.3) is 5.56 Å². The van der Waals surface area contributed by atoms with E-state index in [1.54, 1.807) is 18.6 Å². The number of hydrogen-bond acceptors (Lipinski definition) is 4. The first-order valence-corrected chi connectivity index (χ1v) is 9.85. The molecule has 0 amide bonds. The van der Waals surface area contributed by atoms with Crippen molar-refractivity contribution in [2.24, 2.45) is 14.1 Å². The van der Waals surface area contributed by atoms with Crippen LogP contribution in [0.3, 0.4) is 0 Å². The highest BCUT2D eigenvalue weighted by molar-refractivity contribution is 5.78. The molecular formula is C23H21N5O3. The number of benzene rings is 2. The highest BCUT2D eigenvalue weighted by Crippen LogP contribution is 2.28. The molecule has 5 rings (SSSR count). The number of methoxy groups -OCH3 is 1. The molecule has 0 saturated heterocycles. The van der Waals surface area contributed by atoms with Gasteiger partial charge in [0.2, 0.25) is 5.78 Å². The van der Waals surface area contributed by atoms with Gasteiger partial charge in [-0.1, -0.05) is 42.5 Å². The molecule has 8 nitrogen and oxygen atoms in total. The molecule has 2 aromatic carbocycles. The Morgan fingerprint density at radius 1 is 0.968 bits per heavy atom. The number of aryl methyl sites for hydroxylation is 1. The third-order valence-corrected chi connectivity index (χ3v) is 5.61. The molecule has 3 heterocycles. The Hall–Kier alpha value is -4.07. The molecule has 8 heteroatoms. The van der Waals surface area contributed by atoms with Gasteiger partial charge in [-0.2, -0.15) is 4.98 Å². The Labute approximate surface area is 177 Å². The zero-order chi connectivity index (χ0) is 21.7. The number of aromatic nitrogens is 5. The van der Waals surface area contributed by atoms with Gasteiger partial charge in [-0.05, 0) is 17.7 Å². The van der Waals surface area contributed by atoms with Crippen molar-refractivity contribution in [1.29, 1.82) is 0 Å². The number of nitrogens with zero attached hydrogens (tertiary/aromatic N) is 5. The molecule has 0 aliphatic rings. The second-order valence-electron chi connectivity index (χ2n) is 7.48. The van der Waals surface area contributed by atoms with Gasteiger partial charge in [-0.3, -0.25) is 18.3 Å². The normalized spacial score (nSPS) is 11.5. The van der Waals surface area contributed by atoms with E-state index in [9.17, 15) is 9.59 Å². The van der Waals surface area contributed by atoms with Gasteiger partial charge < -0.3 is 9.30 Å². The first kappa shape index (κ1) is 18.9. The van der Waals surface area contributed by atoms with Gasteiger partial charge in [-0.15, -0.1) is 0 Å². The lowest BCUT2D eigenvalue weighted by atomic mass is 10.1. The van der Waals surface area contributed by atoms with Crippen molar-refractivity contribution in [3.05, 3.63) is 87.2 Å². The fourth-order valence-electron chi connectivity index (χ4n) is 3.95. The van der Waals surface area contributed by atoms with Crippen LogP contribution in [0.15, 0.2) is 70.4 Å². The predicted octanol–water partition coefficient (Wildman–Crippen LogP) is 2.41. The first-order chi connectivity index (χ1) is 15.0. The lowest BCUT2D eigenvalue weighted by Gasteiger charge is -2.10. The number of imidazole rings is 2. The predicted molar refractivity (Wildman–Crippen MR) is 119 cm³/mol. The van der Waals surface area contributed by atoms with Crippen molar-refractivity contribution in [3.8, 4) is 17.0 Å². The summed E-state index contributed by atoms with van der Waals surface area (Å²) in [5, 5.41) is 0. The molecule has 0 fully saturated rings. The lowest BCUT2D eigenvalue weighted by molar-refractivity contribution is 0.415. The molecule has 31 heavy (non-hydrogen) atoms. The van der Waals surface area contributed by atoms with Gasteiger partial charge in [0.15, 0.2) is 11.2 Å². The van der Waals surface area contributed by atoms with E-state index in [0.29, 0.717) is 23.5 Å². The van der Waals surface area contributed by atoms with Crippen LogP contribution in [0.25, 0.3) is 28.2 Å². The molecule has 0 aliphatic heterocycles. The SMILES string of the molecule is COc1cccc(-c2cn3c4c(=O)n(C)c(=O)n(C)c4nc3n2Cc2ccccc2)c1. The fraction of sp³-hybridized carbons (Fsp3) is 0.174. The summed E-state index contributed by atoms with van der Waals surface area (Å²) in [6.07, 6.45) is 1.90. The minimum atomic E-state index is -0.402. The van der Waals surface area contributed by atoms with Crippen molar-refractivity contribution in [2.45, 2.75) is 6.54 Å². The maximum atomic E-state index is 13.0. The molecule has 3 aromatic heterocycles. The van der Waals surface area contributed by atoms with E-state index in [4.69, 9.17) is 9.72 Å². The Balaban J connectivity index is 1.86. The number of rotatable bonds is 4. The van der Waals surface area contributed by atoms with Gasteiger partial charge >= 0.3 is 5.69 Å². The summed E-state index contributed by atoms with van der Waals surface area (Å²) in [6, 6.07) is 17.8. The Kier molecular flexibility index (Phi) is 4.28. The molecule has 0 radical (unpaired) electrons. The maximum Gasteiger partial charge on any atom is 0.332 e. The first-order valence-electron chi connectivity index (χ1n) is 9.85. The van der Waals surface area contributed by atoms with Crippen LogP contribution in [0.2, 0.25) is 0 Å². The van der Waals surface area contributed by atoms with Gasteiger partial charge in [0, 0.05) is 25.9 Å². The van der Waals surface area contributed by atoms with E-state index in [-0.39, 0.29) is 5.56 Å². The summed E-state index contributed by atoms with van der Waals surface area (Å²) in [5.74, 6) is 1.33. The lowest BCUT2D eigenvalue weighted by Crippen LogP contribution is -2.37. The van der Waals surface area contributed by atoms with Crippen LogP contribution in [0.1, 0.15) is 5.56 Å². The number of hydrogen-bond donors (Lipinski definition) is 0. The van der Waals surface area contributed by atoms with Gasteiger partial charge in [0.1, 0.15) is 5.75 Å². The van der Waals surface area contributed by atoms with E-state index in [1.165, 1.54) is 11.6 Å². The van der Waals surface area contributed by atoms with E-state index in [0.717, 1.165) is 27.1 Å². The second kappa shape index (κ2) is 7.02. The standard InChI is InChI=1S/C23H21N5O3/c1-25-20-19(21(29)26(2)23(25)30)28-14-18(16-10-7-11-17(12-16)31-3)27(22(28)24-20)13-15-8-5-4-6-9-15/h4-12,14H,13H2,1-3H3. The van der Waals surface area contributed by atoms with Crippen molar-refractivity contribution in [1.82, 2.24) is 23.1 Å². The maximum absolute atomic E-state index is 13.0. The molecule has 0 spiro atoms. The summed E-state index contributed by atoms with van der Waals surface area (Å²) in [5.41, 5.74) is 2.88. The molecule has 0 unspecified atom stereocenters. The van der Waals surface area contributed by atoms with Gasteiger partial charge in [0.05, 0.1) is 19.3 Å².